The summed E-state index contributed by atoms with van der Waals surface area (Å²) in [6.45, 7) is 2.36. The van der Waals surface area contributed by atoms with Crippen LogP contribution in [0, 0.1) is 0 Å². The van der Waals surface area contributed by atoms with E-state index in [4.69, 9.17) is 4.74 Å². The predicted octanol–water partition coefficient (Wildman–Crippen LogP) is 1.74. The molecule has 22 heavy (non-hydrogen) atoms. The van der Waals surface area contributed by atoms with Gasteiger partial charge < -0.3 is 9.64 Å². The normalized spacial score (nSPS) is 20.2. The molecule has 6 heteroatoms. The number of hydrogen-bond donors (Lipinski definition) is 0. The van der Waals surface area contributed by atoms with Gasteiger partial charge in [0.2, 0.25) is 5.91 Å². The first-order chi connectivity index (χ1) is 10.5. The molecule has 2 rings (SSSR count). The lowest BCUT2D eigenvalue weighted by atomic mass is 10.1. The lowest BCUT2D eigenvalue weighted by Gasteiger charge is -2.25. The predicted molar refractivity (Wildman–Crippen MR) is 86.5 cm³/mol. The summed E-state index contributed by atoms with van der Waals surface area (Å²) in [6, 6.07) is 7.20. The fourth-order valence-corrected chi connectivity index (χ4v) is 4.41. The van der Waals surface area contributed by atoms with Crippen molar-refractivity contribution in [1.29, 1.82) is 0 Å². The van der Waals surface area contributed by atoms with Crippen LogP contribution in [0.1, 0.15) is 18.9 Å². The van der Waals surface area contributed by atoms with Crippen molar-refractivity contribution in [2.45, 2.75) is 19.4 Å². The van der Waals surface area contributed by atoms with Crippen molar-refractivity contribution in [3.8, 4) is 5.75 Å². The SMILES string of the molecule is CCN(C(=O)/C=C/c1ccccc1OC)C1CCS(=O)(=O)C1. The first-order valence-electron chi connectivity index (χ1n) is 7.29. The second-order valence-electron chi connectivity index (χ2n) is 5.26. The van der Waals surface area contributed by atoms with E-state index in [9.17, 15) is 13.2 Å². The molecule has 0 N–H and O–H groups in total. The Morgan fingerprint density at radius 2 is 2.14 bits per heavy atom. The highest BCUT2D eigenvalue weighted by molar-refractivity contribution is 7.91. The number of amides is 1. The Balaban J connectivity index is 2.11. The molecule has 1 aromatic carbocycles. The summed E-state index contributed by atoms with van der Waals surface area (Å²) >= 11 is 0. The van der Waals surface area contributed by atoms with E-state index < -0.39 is 9.84 Å². The molecule has 0 aliphatic carbocycles. The fraction of sp³-hybridized carbons (Fsp3) is 0.438. The average Bonchev–Trinajstić information content (AvgIpc) is 2.86. The second-order valence-corrected chi connectivity index (χ2v) is 7.49. The van der Waals surface area contributed by atoms with E-state index in [1.54, 1.807) is 18.1 Å². The van der Waals surface area contributed by atoms with Gasteiger partial charge in [-0.05, 0) is 25.5 Å². The minimum absolute atomic E-state index is 0.0646. The summed E-state index contributed by atoms with van der Waals surface area (Å²) in [5.41, 5.74) is 0.813. The second kappa shape index (κ2) is 6.96. The van der Waals surface area contributed by atoms with Crippen LogP contribution in [0.5, 0.6) is 5.75 Å². The van der Waals surface area contributed by atoms with Gasteiger partial charge in [0, 0.05) is 24.2 Å². The number of methoxy groups -OCH3 is 1. The van der Waals surface area contributed by atoms with Gasteiger partial charge in [0.25, 0.3) is 0 Å². The van der Waals surface area contributed by atoms with Gasteiger partial charge in [0.15, 0.2) is 9.84 Å². The van der Waals surface area contributed by atoms with E-state index >= 15 is 0 Å². The van der Waals surface area contributed by atoms with Gasteiger partial charge in [-0.3, -0.25) is 4.79 Å². The number of para-hydroxylation sites is 1. The zero-order valence-electron chi connectivity index (χ0n) is 12.9. The molecular weight excluding hydrogens is 302 g/mol. The van der Waals surface area contributed by atoms with Crippen molar-refractivity contribution in [2.24, 2.45) is 0 Å². The lowest BCUT2D eigenvalue weighted by Crippen LogP contribution is -2.40. The number of rotatable bonds is 5. The molecule has 1 atom stereocenters. The molecular formula is C16H21NO4S. The summed E-state index contributed by atoms with van der Waals surface area (Å²) in [4.78, 5) is 14.0. The van der Waals surface area contributed by atoms with Gasteiger partial charge in [-0.2, -0.15) is 0 Å². The Morgan fingerprint density at radius 3 is 2.73 bits per heavy atom. The third kappa shape index (κ3) is 3.88. The van der Waals surface area contributed by atoms with Gasteiger partial charge in [-0.1, -0.05) is 18.2 Å². The van der Waals surface area contributed by atoms with Crippen molar-refractivity contribution in [2.75, 3.05) is 25.2 Å². The third-order valence-electron chi connectivity index (χ3n) is 3.82. The molecule has 0 radical (unpaired) electrons. The van der Waals surface area contributed by atoms with Crippen LogP contribution in [0.2, 0.25) is 0 Å². The van der Waals surface area contributed by atoms with Crippen molar-refractivity contribution < 1.29 is 17.9 Å². The van der Waals surface area contributed by atoms with Gasteiger partial charge in [-0.25, -0.2) is 8.42 Å². The van der Waals surface area contributed by atoms with Crippen LogP contribution in [0.4, 0.5) is 0 Å². The first-order valence-corrected chi connectivity index (χ1v) is 9.11. The number of benzene rings is 1. The van der Waals surface area contributed by atoms with Crippen molar-refractivity contribution in [3.63, 3.8) is 0 Å². The number of likely N-dealkylation sites (N-methyl/N-ethyl adjacent to an activating group) is 1. The number of ether oxygens (including phenoxy) is 1. The van der Waals surface area contributed by atoms with Crippen LogP contribution in [0.3, 0.4) is 0 Å². The van der Waals surface area contributed by atoms with Crippen molar-refractivity contribution in [3.05, 3.63) is 35.9 Å². The van der Waals surface area contributed by atoms with Gasteiger partial charge in [0.1, 0.15) is 5.75 Å². The molecule has 1 aliphatic heterocycles. The summed E-state index contributed by atoms with van der Waals surface area (Å²) in [5.74, 6) is 0.751. The van der Waals surface area contributed by atoms with Gasteiger partial charge in [-0.15, -0.1) is 0 Å². The molecule has 0 aromatic heterocycles. The number of carbonyl (C=O) groups excluding carboxylic acids is 1. The van der Waals surface area contributed by atoms with E-state index in [2.05, 4.69) is 0 Å². The number of sulfone groups is 1. The summed E-state index contributed by atoms with van der Waals surface area (Å²) in [7, 11) is -1.42. The van der Waals surface area contributed by atoms with Crippen molar-refractivity contribution >= 4 is 21.8 Å². The molecule has 1 aromatic rings. The minimum atomic E-state index is -3.00. The Bertz CT molecular complexity index is 666. The zero-order valence-corrected chi connectivity index (χ0v) is 13.7. The Hall–Kier alpha value is -1.82. The summed E-state index contributed by atoms with van der Waals surface area (Å²) in [6.07, 6.45) is 3.70. The molecule has 0 bridgehead atoms. The highest BCUT2D eigenvalue weighted by Gasteiger charge is 2.33. The van der Waals surface area contributed by atoms with Crippen LogP contribution in [0.15, 0.2) is 30.3 Å². The molecule has 1 saturated heterocycles. The van der Waals surface area contributed by atoms with Gasteiger partial charge >= 0.3 is 0 Å². The maximum atomic E-state index is 12.3. The smallest absolute Gasteiger partial charge is 0.246 e. The van der Waals surface area contributed by atoms with E-state index in [0.29, 0.717) is 18.7 Å². The summed E-state index contributed by atoms with van der Waals surface area (Å²) in [5, 5.41) is 0. The molecule has 1 amide bonds. The van der Waals surface area contributed by atoms with Crippen LogP contribution >= 0.6 is 0 Å². The molecule has 0 saturated carbocycles. The largest absolute Gasteiger partial charge is 0.496 e. The molecule has 1 fully saturated rings. The molecule has 0 spiro atoms. The number of hydrogen-bond acceptors (Lipinski definition) is 4. The van der Waals surface area contributed by atoms with E-state index in [-0.39, 0.29) is 23.5 Å². The maximum absolute atomic E-state index is 12.3. The monoisotopic (exact) mass is 323 g/mol. The standard InChI is InChI=1S/C16H21NO4S/c1-3-17(14-10-11-22(19,20)12-14)16(18)9-8-13-6-4-5-7-15(13)21-2/h4-9,14H,3,10-12H2,1-2H3/b9-8+. The minimum Gasteiger partial charge on any atom is -0.496 e. The molecule has 1 unspecified atom stereocenters. The maximum Gasteiger partial charge on any atom is 0.246 e. The van der Waals surface area contributed by atoms with Crippen molar-refractivity contribution in [1.82, 2.24) is 4.90 Å². The van der Waals surface area contributed by atoms with Gasteiger partial charge in [0.05, 0.1) is 18.6 Å². The molecule has 1 heterocycles. The van der Waals surface area contributed by atoms with Crippen LogP contribution in [-0.2, 0) is 14.6 Å². The van der Waals surface area contributed by atoms with Crippen LogP contribution in [-0.4, -0.2) is 50.4 Å². The van der Waals surface area contributed by atoms with Crippen LogP contribution in [0.25, 0.3) is 6.08 Å². The Morgan fingerprint density at radius 1 is 1.41 bits per heavy atom. The molecule has 120 valence electrons. The van der Waals surface area contributed by atoms with E-state index in [1.807, 2.05) is 31.2 Å². The van der Waals surface area contributed by atoms with E-state index in [1.165, 1.54) is 6.08 Å². The molecule has 1 aliphatic rings. The third-order valence-corrected chi connectivity index (χ3v) is 5.57. The summed E-state index contributed by atoms with van der Waals surface area (Å²) < 4.78 is 28.4. The fourth-order valence-electron chi connectivity index (χ4n) is 2.68. The Labute approximate surface area is 131 Å². The quantitative estimate of drug-likeness (QED) is 0.774. The highest BCUT2D eigenvalue weighted by atomic mass is 32.2. The zero-order chi connectivity index (χ0) is 16.2. The number of nitrogens with zero attached hydrogens (tertiary/aromatic N) is 1. The topological polar surface area (TPSA) is 63.7 Å². The first kappa shape index (κ1) is 16.5. The average molecular weight is 323 g/mol. The lowest BCUT2D eigenvalue weighted by molar-refractivity contribution is -0.127. The molecule has 5 nitrogen and oxygen atoms in total. The number of carbonyl (C=O) groups is 1. The Kier molecular flexibility index (Phi) is 5.24. The van der Waals surface area contributed by atoms with E-state index in [0.717, 1.165) is 5.56 Å². The van der Waals surface area contributed by atoms with Crippen LogP contribution < -0.4 is 4.74 Å². The highest BCUT2D eigenvalue weighted by Crippen LogP contribution is 2.20.